The van der Waals surface area contributed by atoms with Crippen molar-refractivity contribution in [1.82, 2.24) is 9.80 Å². The number of likely N-dealkylation sites (tertiary alicyclic amines) is 2. The topological polar surface area (TPSA) is 49.9 Å². The Balaban J connectivity index is 1.85. The van der Waals surface area contributed by atoms with Crippen LogP contribution in [0, 0.1) is 0 Å². The largest absolute Gasteiger partial charge is 0.444 e. The maximum absolute atomic E-state index is 14.9. The number of alkyl halides is 2. The van der Waals surface area contributed by atoms with Crippen LogP contribution in [0.15, 0.2) is 0 Å². The lowest BCUT2D eigenvalue weighted by Gasteiger charge is -2.38. The molecule has 5 nitrogen and oxygen atoms in total. The van der Waals surface area contributed by atoms with Crippen LogP contribution in [-0.4, -0.2) is 64.6 Å². The zero-order valence-corrected chi connectivity index (χ0v) is 14.2. The number of amides is 2. The van der Waals surface area contributed by atoms with Crippen molar-refractivity contribution in [1.29, 1.82) is 0 Å². The van der Waals surface area contributed by atoms with E-state index in [1.54, 1.807) is 20.8 Å². The fourth-order valence-electron chi connectivity index (χ4n) is 2.79. The molecule has 2 fully saturated rings. The second kappa shape index (κ2) is 6.22. The first-order valence-electron chi connectivity index (χ1n) is 7.67. The first kappa shape index (κ1) is 17.3. The molecule has 1 unspecified atom stereocenters. The van der Waals surface area contributed by atoms with Gasteiger partial charge >= 0.3 is 6.09 Å². The zero-order chi connectivity index (χ0) is 16.5. The van der Waals surface area contributed by atoms with E-state index in [4.69, 9.17) is 16.3 Å². The van der Waals surface area contributed by atoms with Gasteiger partial charge in [0, 0.05) is 38.9 Å². The minimum atomic E-state index is -1.45. The third-order valence-electron chi connectivity index (χ3n) is 3.95. The lowest BCUT2D eigenvalue weighted by atomic mass is 9.93. The van der Waals surface area contributed by atoms with Crippen LogP contribution in [0.2, 0.25) is 0 Å². The van der Waals surface area contributed by atoms with Gasteiger partial charge in [-0.25, -0.2) is 9.18 Å². The smallest absolute Gasteiger partial charge is 0.410 e. The molecule has 0 aromatic carbocycles. The van der Waals surface area contributed by atoms with E-state index in [1.165, 1.54) is 9.80 Å². The van der Waals surface area contributed by atoms with Crippen LogP contribution in [0.4, 0.5) is 9.18 Å². The van der Waals surface area contributed by atoms with Crippen LogP contribution in [0.1, 0.15) is 40.0 Å². The van der Waals surface area contributed by atoms with E-state index < -0.39 is 17.4 Å². The molecule has 126 valence electrons. The van der Waals surface area contributed by atoms with Gasteiger partial charge in [0.25, 0.3) is 0 Å². The van der Waals surface area contributed by atoms with Crippen LogP contribution in [0.25, 0.3) is 0 Å². The highest BCUT2D eigenvalue weighted by atomic mass is 35.5. The molecule has 2 aliphatic heterocycles. The molecule has 22 heavy (non-hydrogen) atoms. The van der Waals surface area contributed by atoms with Crippen LogP contribution in [0.3, 0.4) is 0 Å². The third-order valence-corrected chi connectivity index (χ3v) is 4.25. The average molecular weight is 335 g/mol. The molecule has 2 aliphatic rings. The maximum atomic E-state index is 14.9. The number of hydrogen-bond acceptors (Lipinski definition) is 3. The van der Waals surface area contributed by atoms with Crippen molar-refractivity contribution in [2.24, 2.45) is 0 Å². The number of nitrogens with zero attached hydrogens (tertiary/aromatic N) is 2. The van der Waals surface area contributed by atoms with Crippen LogP contribution in [0.5, 0.6) is 0 Å². The lowest BCUT2D eigenvalue weighted by Crippen LogP contribution is -2.50. The molecule has 2 saturated heterocycles. The van der Waals surface area contributed by atoms with Crippen molar-refractivity contribution in [3.8, 4) is 0 Å². The van der Waals surface area contributed by atoms with Crippen LogP contribution < -0.4 is 0 Å². The molecule has 7 heteroatoms. The lowest BCUT2D eigenvalue weighted by molar-refractivity contribution is -0.130. The minimum Gasteiger partial charge on any atom is -0.444 e. The number of halogens is 2. The van der Waals surface area contributed by atoms with Gasteiger partial charge in [-0.1, -0.05) is 0 Å². The van der Waals surface area contributed by atoms with Gasteiger partial charge in [-0.15, -0.1) is 11.6 Å². The maximum Gasteiger partial charge on any atom is 0.410 e. The summed E-state index contributed by atoms with van der Waals surface area (Å²) >= 11 is 5.94. The van der Waals surface area contributed by atoms with Crippen molar-refractivity contribution in [2.45, 2.75) is 56.7 Å². The quantitative estimate of drug-likeness (QED) is 0.729. The second-order valence-corrected chi connectivity index (χ2v) is 7.81. The summed E-state index contributed by atoms with van der Waals surface area (Å²) in [5, 5.41) is -0.224. The van der Waals surface area contributed by atoms with Crippen molar-refractivity contribution in [3.05, 3.63) is 0 Å². The van der Waals surface area contributed by atoms with Gasteiger partial charge in [-0.3, -0.25) is 4.79 Å². The summed E-state index contributed by atoms with van der Waals surface area (Å²) < 4.78 is 20.2. The fraction of sp³-hybridized carbons (Fsp3) is 0.867. The molecular weight excluding hydrogens is 311 g/mol. The Labute approximate surface area is 135 Å². The summed E-state index contributed by atoms with van der Waals surface area (Å²) in [6.07, 6.45) is 0.292. The standard InChI is InChI=1S/C15H24ClFN2O3/c1-14(2,3)22-13(21)18-6-4-15(17,5-7-18)10-19-9-11(16)8-12(19)20/h11H,4-10H2,1-3H3. The summed E-state index contributed by atoms with van der Waals surface area (Å²) in [6, 6.07) is 0. The molecule has 2 heterocycles. The predicted octanol–water partition coefficient (Wildman–Crippen LogP) is 2.57. The van der Waals surface area contributed by atoms with Gasteiger partial charge in [0.1, 0.15) is 11.3 Å². The zero-order valence-electron chi connectivity index (χ0n) is 13.4. The number of rotatable bonds is 2. The van der Waals surface area contributed by atoms with Gasteiger partial charge in [-0.2, -0.15) is 0 Å². The number of ether oxygens (including phenoxy) is 1. The first-order chi connectivity index (χ1) is 10.1. The fourth-order valence-corrected chi connectivity index (χ4v) is 3.09. The molecule has 1 atom stereocenters. The molecule has 2 amide bonds. The van der Waals surface area contributed by atoms with Gasteiger partial charge < -0.3 is 14.5 Å². The Bertz CT molecular complexity index is 445. The van der Waals surface area contributed by atoms with E-state index in [0.29, 0.717) is 19.6 Å². The minimum absolute atomic E-state index is 0.0667. The van der Waals surface area contributed by atoms with E-state index in [-0.39, 0.29) is 37.1 Å². The van der Waals surface area contributed by atoms with Crippen molar-refractivity contribution < 1.29 is 18.7 Å². The van der Waals surface area contributed by atoms with Gasteiger partial charge in [-0.05, 0) is 20.8 Å². The van der Waals surface area contributed by atoms with Crippen LogP contribution in [-0.2, 0) is 9.53 Å². The molecule has 0 spiro atoms. The SMILES string of the molecule is CC(C)(C)OC(=O)N1CCC(F)(CN2CC(Cl)CC2=O)CC1. The Hall–Kier alpha value is -1.04. The molecular formula is C15H24ClFN2O3. The van der Waals surface area contributed by atoms with E-state index in [9.17, 15) is 14.0 Å². The summed E-state index contributed by atoms with van der Waals surface area (Å²) in [5.41, 5.74) is -2.01. The number of hydrogen-bond donors (Lipinski definition) is 0. The van der Waals surface area contributed by atoms with Gasteiger partial charge in [0.2, 0.25) is 5.91 Å². The predicted molar refractivity (Wildman–Crippen MR) is 81.7 cm³/mol. The molecule has 0 aromatic heterocycles. The molecule has 0 saturated carbocycles. The number of carbonyl (C=O) groups is 2. The van der Waals surface area contributed by atoms with Crippen molar-refractivity contribution in [3.63, 3.8) is 0 Å². The monoisotopic (exact) mass is 334 g/mol. The van der Waals surface area contributed by atoms with E-state index in [0.717, 1.165) is 0 Å². The number of carbonyl (C=O) groups excluding carboxylic acids is 2. The summed E-state index contributed by atoms with van der Waals surface area (Å²) in [4.78, 5) is 26.7. The van der Waals surface area contributed by atoms with E-state index in [2.05, 4.69) is 0 Å². The van der Waals surface area contributed by atoms with E-state index >= 15 is 0 Å². The average Bonchev–Trinajstić information content (AvgIpc) is 2.65. The molecule has 0 radical (unpaired) electrons. The van der Waals surface area contributed by atoms with Crippen LogP contribution >= 0.6 is 11.6 Å². The Morgan fingerprint density at radius 1 is 1.41 bits per heavy atom. The molecule has 2 rings (SSSR count). The highest BCUT2D eigenvalue weighted by molar-refractivity contribution is 6.22. The van der Waals surface area contributed by atoms with E-state index in [1.807, 2.05) is 0 Å². The molecule has 0 bridgehead atoms. The van der Waals surface area contributed by atoms with Gasteiger partial charge in [0.15, 0.2) is 0 Å². The first-order valence-corrected chi connectivity index (χ1v) is 8.10. The van der Waals surface area contributed by atoms with Crippen molar-refractivity contribution in [2.75, 3.05) is 26.2 Å². The highest BCUT2D eigenvalue weighted by Crippen LogP contribution is 2.30. The third kappa shape index (κ3) is 4.48. The number of piperidine rings is 1. The molecule has 0 aromatic rings. The summed E-state index contributed by atoms with van der Waals surface area (Å²) in [7, 11) is 0. The Kier molecular flexibility index (Phi) is 4.90. The van der Waals surface area contributed by atoms with Crippen molar-refractivity contribution >= 4 is 23.6 Å². The normalized spacial score (nSPS) is 25.5. The highest BCUT2D eigenvalue weighted by Gasteiger charge is 2.41. The second-order valence-electron chi connectivity index (χ2n) is 7.19. The molecule has 0 aliphatic carbocycles. The van der Waals surface area contributed by atoms with Gasteiger partial charge in [0.05, 0.1) is 11.9 Å². The molecule has 0 N–H and O–H groups in total. The summed E-state index contributed by atoms with van der Waals surface area (Å²) in [6.45, 7) is 6.48. The Morgan fingerprint density at radius 2 is 2.00 bits per heavy atom. The Morgan fingerprint density at radius 3 is 2.45 bits per heavy atom. The summed E-state index contributed by atoms with van der Waals surface area (Å²) in [5.74, 6) is -0.0911.